The Kier molecular flexibility index (Phi) is 5.58. The molecule has 0 saturated carbocycles. The quantitative estimate of drug-likeness (QED) is 0.889. The molecule has 1 aromatic rings. The van der Waals surface area contributed by atoms with Crippen LogP contribution in [0.25, 0.3) is 0 Å². The van der Waals surface area contributed by atoms with Gasteiger partial charge in [0.05, 0.1) is 18.2 Å². The number of rotatable bonds is 5. The largest absolute Gasteiger partial charge is 0.392 e. The first kappa shape index (κ1) is 17.0. The number of amides is 1. The van der Waals surface area contributed by atoms with Crippen molar-refractivity contribution in [2.24, 2.45) is 5.92 Å². The molecule has 2 heterocycles. The summed E-state index contributed by atoms with van der Waals surface area (Å²) < 4.78 is 5.19. The topological polar surface area (TPSA) is 69.8 Å². The summed E-state index contributed by atoms with van der Waals surface area (Å²) in [7, 11) is 0. The molecule has 0 spiro atoms. The molecule has 0 radical (unpaired) electrons. The second kappa shape index (κ2) is 7.24. The predicted octanol–water partition coefficient (Wildman–Crippen LogP) is 1.34. The zero-order valence-corrected chi connectivity index (χ0v) is 14.0. The molecule has 22 heavy (non-hydrogen) atoms. The van der Waals surface area contributed by atoms with E-state index in [1.54, 1.807) is 0 Å². The minimum absolute atomic E-state index is 0.0539. The lowest BCUT2D eigenvalue weighted by Crippen LogP contribution is -2.49. The molecule has 6 heteroatoms. The van der Waals surface area contributed by atoms with Crippen molar-refractivity contribution in [3.05, 3.63) is 17.0 Å². The van der Waals surface area contributed by atoms with Crippen molar-refractivity contribution >= 4 is 5.91 Å². The fourth-order valence-electron chi connectivity index (χ4n) is 2.65. The fourth-order valence-corrected chi connectivity index (χ4v) is 2.65. The molecule has 1 fully saturated rings. The van der Waals surface area contributed by atoms with Gasteiger partial charge in [-0.3, -0.25) is 9.69 Å². The number of aromatic nitrogens is 1. The van der Waals surface area contributed by atoms with E-state index in [1.165, 1.54) is 0 Å². The summed E-state index contributed by atoms with van der Waals surface area (Å²) in [6, 6.07) is 0. The molecule has 1 aromatic heterocycles. The van der Waals surface area contributed by atoms with Crippen molar-refractivity contribution < 1.29 is 14.4 Å². The van der Waals surface area contributed by atoms with Gasteiger partial charge in [0.15, 0.2) is 0 Å². The molecular weight excluding hydrogens is 282 g/mol. The molecule has 1 N–H and O–H groups in total. The standard InChI is InChI=1S/C16H27N3O3/c1-11(2)15(20)9-16(21)19-7-5-18(6-8-19)10-14-12(3)17-22-13(14)4/h11,15,20H,5-10H2,1-4H3. The molecule has 2 rings (SSSR count). The number of carbonyl (C=O) groups is 1. The Balaban J connectivity index is 1.82. The van der Waals surface area contributed by atoms with Crippen LogP contribution < -0.4 is 0 Å². The molecule has 1 saturated heterocycles. The van der Waals surface area contributed by atoms with Gasteiger partial charge in [0.25, 0.3) is 0 Å². The second-order valence-electron chi connectivity index (χ2n) is 6.48. The predicted molar refractivity (Wildman–Crippen MR) is 83.3 cm³/mol. The highest BCUT2D eigenvalue weighted by molar-refractivity contribution is 5.76. The van der Waals surface area contributed by atoms with Crippen LogP contribution in [-0.2, 0) is 11.3 Å². The van der Waals surface area contributed by atoms with E-state index in [0.29, 0.717) is 13.1 Å². The van der Waals surface area contributed by atoms with Gasteiger partial charge in [0.1, 0.15) is 5.76 Å². The van der Waals surface area contributed by atoms with Crippen LogP contribution in [0.5, 0.6) is 0 Å². The number of hydrogen-bond donors (Lipinski definition) is 1. The number of aryl methyl sites for hydroxylation is 2. The van der Waals surface area contributed by atoms with Crippen molar-refractivity contribution in [1.82, 2.24) is 15.0 Å². The number of piperazine rings is 1. The summed E-state index contributed by atoms with van der Waals surface area (Å²) in [5.41, 5.74) is 2.09. The third kappa shape index (κ3) is 4.08. The summed E-state index contributed by atoms with van der Waals surface area (Å²) in [4.78, 5) is 16.3. The number of aliphatic hydroxyl groups excluding tert-OH is 1. The van der Waals surface area contributed by atoms with Crippen LogP contribution in [0.15, 0.2) is 4.52 Å². The fraction of sp³-hybridized carbons (Fsp3) is 0.750. The van der Waals surface area contributed by atoms with Gasteiger partial charge in [0, 0.05) is 38.3 Å². The molecule has 0 aromatic carbocycles. The summed E-state index contributed by atoms with van der Waals surface area (Å²) in [5, 5.41) is 13.8. The van der Waals surface area contributed by atoms with Gasteiger partial charge in [-0.25, -0.2) is 0 Å². The van der Waals surface area contributed by atoms with Gasteiger partial charge in [-0.2, -0.15) is 0 Å². The highest BCUT2D eigenvalue weighted by Crippen LogP contribution is 2.17. The van der Waals surface area contributed by atoms with Gasteiger partial charge in [-0.15, -0.1) is 0 Å². The summed E-state index contributed by atoms with van der Waals surface area (Å²) >= 11 is 0. The maximum atomic E-state index is 12.2. The Bertz CT molecular complexity index is 485. The third-order valence-electron chi connectivity index (χ3n) is 4.44. The van der Waals surface area contributed by atoms with E-state index >= 15 is 0 Å². The van der Waals surface area contributed by atoms with E-state index in [2.05, 4.69) is 10.1 Å². The van der Waals surface area contributed by atoms with E-state index in [-0.39, 0.29) is 18.2 Å². The van der Waals surface area contributed by atoms with Crippen LogP contribution in [0.3, 0.4) is 0 Å². The Hall–Kier alpha value is -1.40. The highest BCUT2D eigenvalue weighted by atomic mass is 16.5. The van der Waals surface area contributed by atoms with Crippen molar-refractivity contribution in [2.75, 3.05) is 26.2 Å². The van der Waals surface area contributed by atoms with Gasteiger partial charge in [-0.05, 0) is 19.8 Å². The Labute approximate surface area is 132 Å². The van der Waals surface area contributed by atoms with Crippen LogP contribution in [-0.4, -0.2) is 58.3 Å². The number of carbonyl (C=O) groups excluding carboxylic acids is 1. The maximum Gasteiger partial charge on any atom is 0.225 e. The minimum Gasteiger partial charge on any atom is -0.392 e. The Morgan fingerprint density at radius 3 is 2.41 bits per heavy atom. The summed E-state index contributed by atoms with van der Waals surface area (Å²) in [6.07, 6.45) is -0.325. The van der Waals surface area contributed by atoms with Crippen LogP contribution in [0.1, 0.15) is 37.3 Å². The number of hydrogen-bond acceptors (Lipinski definition) is 5. The van der Waals surface area contributed by atoms with Crippen molar-refractivity contribution in [2.45, 2.75) is 46.8 Å². The minimum atomic E-state index is -0.548. The van der Waals surface area contributed by atoms with Gasteiger partial charge >= 0.3 is 0 Å². The molecule has 0 aliphatic carbocycles. The smallest absolute Gasteiger partial charge is 0.225 e. The first-order chi connectivity index (χ1) is 10.4. The molecule has 1 aliphatic rings. The van der Waals surface area contributed by atoms with Gasteiger partial charge in [-0.1, -0.05) is 19.0 Å². The van der Waals surface area contributed by atoms with E-state index in [9.17, 15) is 9.90 Å². The van der Waals surface area contributed by atoms with E-state index in [1.807, 2.05) is 32.6 Å². The normalized spacial score (nSPS) is 18.0. The average Bonchev–Trinajstić information content (AvgIpc) is 2.79. The van der Waals surface area contributed by atoms with E-state index < -0.39 is 6.10 Å². The zero-order chi connectivity index (χ0) is 16.3. The summed E-state index contributed by atoms with van der Waals surface area (Å²) in [5.74, 6) is 1.04. The Morgan fingerprint density at radius 2 is 1.91 bits per heavy atom. The molecule has 124 valence electrons. The molecule has 1 unspecified atom stereocenters. The lowest BCUT2D eigenvalue weighted by Gasteiger charge is -2.35. The molecule has 1 amide bonds. The van der Waals surface area contributed by atoms with Crippen molar-refractivity contribution in [3.63, 3.8) is 0 Å². The monoisotopic (exact) mass is 309 g/mol. The van der Waals surface area contributed by atoms with Crippen LogP contribution in [0.4, 0.5) is 0 Å². The van der Waals surface area contributed by atoms with Crippen LogP contribution in [0.2, 0.25) is 0 Å². The van der Waals surface area contributed by atoms with Crippen molar-refractivity contribution in [3.8, 4) is 0 Å². The molecule has 6 nitrogen and oxygen atoms in total. The second-order valence-corrected chi connectivity index (χ2v) is 6.48. The van der Waals surface area contributed by atoms with Crippen LogP contribution in [0, 0.1) is 19.8 Å². The first-order valence-corrected chi connectivity index (χ1v) is 7.98. The first-order valence-electron chi connectivity index (χ1n) is 7.98. The zero-order valence-electron chi connectivity index (χ0n) is 14.0. The van der Waals surface area contributed by atoms with Crippen LogP contribution >= 0.6 is 0 Å². The SMILES string of the molecule is Cc1noc(C)c1CN1CCN(C(=O)CC(O)C(C)C)CC1. The highest BCUT2D eigenvalue weighted by Gasteiger charge is 2.24. The number of aliphatic hydroxyl groups is 1. The van der Waals surface area contributed by atoms with Crippen molar-refractivity contribution in [1.29, 1.82) is 0 Å². The Morgan fingerprint density at radius 1 is 1.27 bits per heavy atom. The summed E-state index contributed by atoms with van der Waals surface area (Å²) in [6.45, 7) is 11.7. The molecule has 1 aliphatic heterocycles. The molecule has 1 atom stereocenters. The number of nitrogens with zero attached hydrogens (tertiary/aromatic N) is 3. The average molecular weight is 309 g/mol. The van der Waals surface area contributed by atoms with Gasteiger partial charge in [0.2, 0.25) is 5.91 Å². The molecular formula is C16H27N3O3. The van der Waals surface area contributed by atoms with E-state index in [0.717, 1.165) is 36.7 Å². The van der Waals surface area contributed by atoms with Gasteiger partial charge < -0.3 is 14.5 Å². The maximum absolute atomic E-state index is 12.2. The third-order valence-corrected chi connectivity index (χ3v) is 4.44. The lowest BCUT2D eigenvalue weighted by atomic mass is 10.0. The molecule has 0 bridgehead atoms. The van der Waals surface area contributed by atoms with E-state index in [4.69, 9.17) is 4.52 Å². The lowest BCUT2D eigenvalue weighted by molar-refractivity contribution is -0.135.